The molecule has 19 heavy (non-hydrogen) atoms. The van der Waals surface area contributed by atoms with E-state index in [0.29, 0.717) is 0 Å². The van der Waals surface area contributed by atoms with Crippen molar-refractivity contribution in [3.63, 3.8) is 0 Å². The van der Waals surface area contributed by atoms with Crippen LogP contribution in [0.5, 0.6) is 0 Å². The molecule has 0 aromatic rings. The van der Waals surface area contributed by atoms with Crippen molar-refractivity contribution in [2.75, 3.05) is 5.08 Å². The Balaban J connectivity index is 3.14. The molecule has 0 aromatic carbocycles. The maximum absolute atomic E-state index is 12.6. The topological polar surface area (TPSA) is 88.1 Å². The number of alkyl halides is 6. The standard InChI is InChI=1S/C4H2F6O7S2/c5-2(6)14-3(7,8)16-18(11)1-19(12,13)17-4(9,10)15-2/h1H2. The molecular weight excluding hydrogens is 338 g/mol. The van der Waals surface area contributed by atoms with Crippen molar-refractivity contribution in [2.24, 2.45) is 0 Å². The average molecular weight is 340 g/mol. The Labute approximate surface area is 103 Å². The van der Waals surface area contributed by atoms with E-state index in [1.54, 1.807) is 0 Å². The summed E-state index contributed by atoms with van der Waals surface area (Å²) in [6, 6.07) is 0. The average Bonchev–Trinajstić information content (AvgIpc) is 1.87. The Morgan fingerprint density at radius 2 is 1.37 bits per heavy atom. The van der Waals surface area contributed by atoms with Gasteiger partial charge in [0.2, 0.25) is 0 Å². The predicted molar refractivity (Wildman–Crippen MR) is 41.1 cm³/mol. The largest absolute Gasteiger partial charge is 0.506 e. The van der Waals surface area contributed by atoms with E-state index >= 15 is 0 Å². The molecule has 1 aliphatic rings. The van der Waals surface area contributed by atoms with Crippen LogP contribution in [-0.4, -0.2) is 36.6 Å². The third-order valence-corrected chi connectivity index (χ3v) is 3.88. The molecule has 0 spiro atoms. The zero-order valence-corrected chi connectivity index (χ0v) is 9.78. The highest BCUT2D eigenvalue weighted by Crippen LogP contribution is 2.36. The van der Waals surface area contributed by atoms with Crippen LogP contribution in [0, 0.1) is 0 Å². The minimum Gasteiger partial charge on any atom is -0.228 e. The van der Waals surface area contributed by atoms with Gasteiger partial charge in [-0.05, 0) is 0 Å². The summed E-state index contributed by atoms with van der Waals surface area (Å²) in [5.41, 5.74) is 0. The molecule has 0 bridgehead atoms. The quantitative estimate of drug-likeness (QED) is 0.473. The molecule has 1 aliphatic heterocycles. The predicted octanol–water partition coefficient (Wildman–Crippen LogP) is 0.668. The first-order valence-corrected chi connectivity index (χ1v) is 6.59. The van der Waals surface area contributed by atoms with Crippen LogP contribution in [0.3, 0.4) is 0 Å². The van der Waals surface area contributed by atoms with Gasteiger partial charge in [-0.1, -0.05) is 0 Å². The van der Waals surface area contributed by atoms with Crippen molar-refractivity contribution in [2.45, 2.75) is 18.9 Å². The van der Waals surface area contributed by atoms with E-state index in [0.717, 1.165) is 0 Å². The molecule has 7 nitrogen and oxygen atoms in total. The van der Waals surface area contributed by atoms with Crippen LogP contribution in [0.2, 0.25) is 0 Å². The summed E-state index contributed by atoms with van der Waals surface area (Å²) in [5, 5.41) is -1.99. The first kappa shape index (κ1) is 16.6. The van der Waals surface area contributed by atoms with Crippen molar-refractivity contribution < 1.29 is 56.8 Å². The summed E-state index contributed by atoms with van der Waals surface area (Å²) < 4.78 is 118. The van der Waals surface area contributed by atoms with Crippen LogP contribution in [0.15, 0.2) is 0 Å². The lowest BCUT2D eigenvalue weighted by Crippen LogP contribution is -2.45. The molecule has 0 saturated carbocycles. The van der Waals surface area contributed by atoms with E-state index in [1.807, 2.05) is 0 Å². The third kappa shape index (κ3) is 5.57. The van der Waals surface area contributed by atoms with Gasteiger partial charge in [-0.2, -0.15) is 16.8 Å². The second-order valence-electron chi connectivity index (χ2n) is 2.74. The number of ether oxygens (including phenoxy) is 2. The van der Waals surface area contributed by atoms with Gasteiger partial charge in [-0.3, -0.25) is 0 Å². The van der Waals surface area contributed by atoms with Crippen LogP contribution >= 0.6 is 0 Å². The molecule has 1 atom stereocenters. The Bertz CT molecular complexity index is 474. The molecule has 1 unspecified atom stereocenters. The molecule has 0 N–H and O–H groups in total. The van der Waals surface area contributed by atoms with E-state index in [2.05, 4.69) is 17.8 Å². The highest BCUT2D eigenvalue weighted by Gasteiger charge is 2.57. The van der Waals surface area contributed by atoms with Gasteiger partial charge in [0.25, 0.3) is 10.1 Å². The van der Waals surface area contributed by atoms with E-state index < -0.39 is 45.2 Å². The SMILES string of the molecule is O=S1CS(=O)(=O)OC(F)(F)OC(F)(F)OC(F)(F)O1. The first-order chi connectivity index (χ1) is 8.22. The van der Waals surface area contributed by atoms with Gasteiger partial charge < -0.3 is 0 Å². The Hall–Kier alpha value is -0.480. The highest BCUT2D eigenvalue weighted by molar-refractivity contribution is 8.00. The lowest BCUT2D eigenvalue weighted by Gasteiger charge is -2.26. The zero-order valence-electron chi connectivity index (χ0n) is 8.15. The molecule has 1 heterocycles. The number of hydrogen-bond acceptors (Lipinski definition) is 7. The summed E-state index contributed by atoms with van der Waals surface area (Å²) >= 11 is -3.50. The van der Waals surface area contributed by atoms with E-state index in [9.17, 15) is 39.0 Å². The molecule has 1 rings (SSSR count). The smallest absolute Gasteiger partial charge is 0.228 e. The van der Waals surface area contributed by atoms with E-state index in [4.69, 9.17) is 0 Å². The van der Waals surface area contributed by atoms with Crippen LogP contribution < -0.4 is 0 Å². The summed E-state index contributed by atoms with van der Waals surface area (Å²) in [7, 11) is -5.46. The van der Waals surface area contributed by atoms with Gasteiger partial charge in [-0.25, -0.2) is 13.7 Å². The molecule has 0 amide bonds. The second kappa shape index (κ2) is 4.81. The molecule has 0 aliphatic carbocycles. The second-order valence-corrected chi connectivity index (χ2v) is 5.74. The fourth-order valence-electron chi connectivity index (χ4n) is 0.753. The lowest BCUT2D eigenvalue weighted by molar-refractivity contribution is -0.561. The van der Waals surface area contributed by atoms with Crippen molar-refractivity contribution in [1.29, 1.82) is 0 Å². The zero-order chi connectivity index (χ0) is 15.1. The van der Waals surface area contributed by atoms with Crippen molar-refractivity contribution in [3.05, 3.63) is 0 Å². The fourth-order valence-corrected chi connectivity index (χ4v) is 2.66. The van der Waals surface area contributed by atoms with Crippen molar-refractivity contribution >= 4 is 21.2 Å². The van der Waals surface area contributed by atoms with Crippen LogP contribution in [0.25, 0.3) is 0 Å². The van der Waals surface area contributed by atoms with Gasteiger partial charge in [0.1, 0.15) is 0 Å². The van der Waals surface area contributed by atoms with Crippen LogP contribution in [0.4, 0.5) is 26.3 Å². The Kier molecular flexibility index (Phi) is 4.20. The Morgan fingerprint density at radius 3 is 1.89 bits per heavy atom. The fraction of sp³-hybridized carbons (Fsp3) is 1.00. The molecule has 0 radical (unpaired) electrons. The minimum atomic E-state index is -5.69. The van der Waals surface area contributed by atoms with E-state index in [-0.39, 0.29) is 0 Å². The summed E-state index contributed by atoms with van der Waals surface area (Å²) in [4.78, 5) is 0. The molecule has 0 aromatic heterocycles. The van der Waals surface area contributed by atoms with Crippen LogP contribution in [0.1, 0.15) is 0 Å². The molecule has 114 valence electrons. The Morgan fingerprint density at radius 1 is 0.895 bits per heavy atom. The normalized spacial score (nSPS) is 33.5. The van der Waals surface area contributed by atoms with Gasteiger partial charge in [-0.15, -0.1) is 26.3 Å². The monoisotopic (exact) mass is 340 g/mol. The van der Waals surface area contributed by atoms with E-state index in [1.165, 1.54) is 0 Å². The highest BCUT2D eigenvalue weighted by atomic mass is 32.3. The van der Waals surface area contributed by atoms with Gasteiger partial charge in [0, 0.05) is 0 Å². The minimum absolute atomic E-state index is 1.99. The van der Waals surface area contributed by atoms with Crippen molar-refractivity contribution in [3.8, 4) is 0 Å². The third-order valence-electron chi connectivity index (χ3n) is 1.13. The van der Waals surface area contributed by atoms with Crippen LogP contribution in [-0.2, 0) is 39.0 Å². The number of hydrogen-bond donors (Lipinski definition) is 0. The molecule has 15 heteroatoms. The summed E-state index contributed by atoms with van der Waals surface area (Å²) in [5.74, 6) is 0. The molecular formula is C4H2F6O7S2. The summed E-state index contributed by atoms with van der Waals surface area (Å²) in [6.45, 7) is 0. The lowest BCUT2D eigenvalue weighted by atomic mass is 11.1. The molecule has 1 saturated heterocycles. The first-order valence-electron chi connectivity index (χ1n) is 3.77. The van der Waals surface area contributed by atoms with Gasteiger partial charge in [0.15, 0.2) is 16.2 Å². The molecule has 1 fully saturated rings. The maximum Gasteiger partial charge on any atom is 0.506 e. The van der Waals surface area contributed by atoms with Gasteiger partial charge >= 0.3 is 18.9 Å². The van der Waals surface area contributed by atoms with Crippen molar-refractivity contribution in [1.82, 2.24) is 0 Å². The van der Waals surface area contributed by atoms with Gasteiger partial charge in [0.05, 0.1) is 0 Å². The number of rotatable bonds is 0. The summed E-state index contributed by atoms with van der Waals surface area (Å²) in [6.07, 6.45) is -16.6. The maximum atomic E-state index is 12.6. The number of halogens is 6.